The maximum absolute atomic E-state index is 12.4. The lowest BCUT2D eigenvalue weighted by atomic mass is 10.2. The topological polar surface area (TPSA) is 71.9 Å². The molecule has 2 aromatic rings. The minimum Gasteiger partial charge on any atom is -0.506 e. The number of anilines is 3. The zero-order valence-corrected chi connectivity index (χ0v) is 16.9. The first kappa shape index (κ1) is 19.8. The molecule has 1 aromatic carbocycles. The molecule has 0 saturated carbocycles. The number of hydrogen-bond acceptors (Lipinski definition) is 6. The molecule has 0 unspecified atom stereocenters. The zero-order chi connectivity index (χ0) is 20.1. The van der Waals surface area contributed by atoms with Crippen LogP contribution in [0.25, 0.3) is 0 Å². The molecule has 1 aliphatic heterocycles. The summed E-state index contributed by atoms with van der Waals surface area (Å²) in [5.74, 6) is 1.76. The van der Waals surface area contributed by atoms with Gasteiger partial charge in [0.15, 0.2) is 0 Å². The van der Waals surface area contributed by atoms with Crippen LogP contribution in [0.15, 0.2) is 36.4 Å². The molecule has 28 heavy (non-hydrogen) atoms. The van der Waals surface area contributed by atoms with Crippen molar-refractivity contribution in [3.05, 3.63) is 42.0 Å². The van der Waals surface area contributed by atoms with Gasteiger partial charge in [0.2, 0.25) is 0 Å². The Kier molecular flexibility index (Phi) is 6.23. The minimum absolute atomic E-state index is 0.0537. The molecule has 3 rings (SSSR count). The van der Waals surface area contributed by atoms with Crippen molar-refractivity contribution >= 4 is 23.2 Å². The number of nitrogens with zero attached hydrogens (tertiary/aromatic N) is 4. The summed E-state index contributed by atoms with van der Waals surface area (Å²) in [7, 11) is 3.50. The number of benzene rings is 1. The maximum atomic E-state index is 12.4. The number of rotatable bonds is 6. The molecule has 7 heteroatoms. The molecule has 0 spiro atoms. The Hall–Kier alpha value is -2.96. The second kappa shape index (κ2) is 8.82. The van der Waals surface area contributed by atoms with Crippen LogP contribution in [-0.2, 0) is 0 Å². The normalized spacial score (nSPS) is 14.1. The van der Waals surface area contributed by atoms with Gasteiger partial charge in [-0.3, -0.25) is 4.79 Å². The number of carbonyl (C=O) groups is 1. The number of phenols is 1. The molecule has 1 amide bonds. The summed E-state index contributed by atoms with van der Waals surface area (Å²) >= 11 is 0. The number of aromatic hydroxyl groups is 1. The molecule has 150 valence electrons. The molecule has 1 aliphatic rings. The standard InChI is InChI=1S/C21H29N5O2/c1-4-11-22-20-16(21(28)24(2)3)9-10-19(23-20)26-14-12-25(13-15-26)17-7-5-6-8-18(17)27/h5-10,27H,4,11-15H2,1-3H3,(H,22,23). The number of nitrogens with one attached hydrogen (secondary N) is 1. The van der Waals surface area contributed by atoms with Crippen molar-refractivity contribution in [1.82, 2.24) is 9.88 Å². The Morgan fingerprint density at radius 2 is 1.79 bits per heavy atom. The predicted octanol–water partition coefficient (Wildman–Crippen LogP) is 2.64. The molecule has 1 aromatic heterocycles. The second-order valence-electron chi connectivity index (χ2n) is 7.15. The molecule has 1 fully saturated rings. The fraction of sp³-hybridized carbons (Fsp3) is 0.429. The Morgan fingerprint density at radius 3 is 2.43 bits per heavy atom. The summed E-state index contributed by atoms with van der Waals surface area (Å²) in [5.41, 5.74) is 1.46. The van der Waals surface area contributed by atoms with Crippen LogP contribution in [0.2, 0.25) is 0 Å². The van der Waals surface area contributed by atoms with E-state index in [0.29, 0.717) is 17.1 Å². The summed E-state index contributed by atoms with van der Waals surface area (Å²) < 4.78 is 0. The zero-order valence-electron chi connectivity index (χ0n) is 16.9. The third-order valence-corrected chi connectivity index (χ3v) is 4.89. The first-order valence-electron chi connectivity index (χ1n) is 9.75. The maximum Gasteiger partial charge on any atom is 0.257 e. The van der Waals surface area contributed by atoms with Gasteiger partial charge in [0.1, 0.15) is 17.4 Å². The van der Waals surface area contributed by atoms with E-state index in [9.17, 15) is 9.90 Å². The van der Waals surface area contributed by atoms with Crippen LogP contribution in [-0.4, -0.2) is 67.7 Å². The van der Waals surface area contributed by atoms with E-state index in [4.69, 9.17) is 4.98 Å². The van der Waals surface area contributed by atoms with Crippen molar-refractivity contribution < 1.29 is 9.90 Å². The van der Waals surface area contributed by atoms with E-state index >= 15 is 0 Å². The lowest BCUT2D eigenvalue weighted by Crippen LogP contribution is -2.47. The minimum atomic E-state index is -0.0537. The van der Waals surface area contributed by atoms with E-state index in [0.717, 1.165) is 50.6 Å². The summed E-state index contributed by atoms with van der Waals surface area (Å²) in [6.45, 7) is 6.06. The monoisotopic (exact) mass is 383 g/mol. The van der Waals surface area contributed by atoms with Crippen molar-refractivity contribution in [3.63, 3.8) is 0 Å². The van der Waals surface area contributed by atoms with Crippen LogP contribution in [0.5, 0.6) is 5.75 Å². The molecule has 0 aliphatic carbocycles. The van der Waals surface area contributed by atoms with Gasteiger partial charge in [0, 0.05) is 46.8 Å². The number of phenolic OH excluding ortho intramolecular Hbond substituents is 1. The lowest BCUT2D eigenvalue weighted by molar-refractivity contribution is 0.0828. The van der Waals surface area contributed by atoms with Crippen molar-refractivity contribution in [2.45, 2.75) is 13.3 Å². The molecular weight excluding hydrogens is 354 g/mol. The molecule has 7 nitrogen and oxygen atoms in total. The van der Waals surface area contributed by atoms with E-state index in [2.05, 4.69) is 22.0 Å². The smallest absolute Gasteiger partial charge is 0.257 e. The van der Waals surface area contributed by atoms with E-state index in [1.807, 2.05) is 30.3 Å². The number of piperazine rings is 1. The number of carbonyl (C=O) groups excluding carboxylic acids is 1. The average molecular weight is 383 g/mol. The molecule has 1 saturated heterocycles. The van der Waals surface area contributed by atoms with Crippen LogP contribution in [0, 0.1) is 0 Å². The fourth-order valence-corrected chi connectivity index (χ4v) is 3.32. The largest absolute Gasteiger partial charge is 0.506 e. The van der Waals surface area contributed by atoms with Crippen molar-refractivity contribution in [3.8, 4) is 5.75 Å². The van der Waals surface area contributed by atoms with Crippen molar-refractivity contribution in [1.29, 1.82) is 0 Å². The Labute approximate surface area is 166 Å². The molecule has 0 radical (unpaired) electrons. The first-order valence-corrected chi connectivity index (χ1v) is 9.75. The van der Waals surface area contributed by atoms with Gasteiger partial charge in [-0.25, -0.2) is 4.98 Å². The number of amides is 1. The number of pyridine rings is 1. The number of hydrogen-bond donors (Lipinski definition) is 2. The fourth-order valence-electron chi connectivity index (χ4n) is 3.32. The van der Waals surface area contributed by atoms with Gasteiger partial charge in [0.05, 0.1) is 11.3 Å². The van der Waals surface area contributed by atoms with E-state index in [-0.39, 0.29) is 5.91 Å². The van der Waals surface area contributed by atoms with Crippen molar-refractivity contribution in [2.75, 3.05) is 61.9 Å². The number of aromatic nitrogens is 1. The van der Waals surface area contributed by atoms with Crippen molar-refractivity contribution in [2.24, 2.45) is 0 Å². The number of para-hydroxylation sites is 2. The van der Waals surface area contributed by atoms with Crippen LogP contribution in [0.1, 0.15) is 23.7 Å². The highest BCUT2D eigenvalue weighted by Crippen LogP contribution is 2.28. The Balaban J connectivity index is 1.75. The van der Waals surface area contributed by atoms with Gasteiger partial charge >= 0.3 is 0 Å². The van der Waals surface area contributed by atoms with Crippen LogP contribution in [0.4, 0.5) is 17.3 Å². The van der Waals surface area contributed by atoms with Gasteiger partial charge in [-0.1, -0.05) is 19.1 Å². The summed E-state index contributed by atoms with van der Waals surface area (Å²) in [4.78, 5) is 23.2. The highest BCUT2D eigenvalue weighted by molar-refractivity contribution is 5.98. The third-order valence-electron chi connectivity index (χ3n) is 4.89. The van der Waals surface area contributed by atoms with E-state index < -0.39 is 0 Å². The summed E-state index contributed by atoms with van der Waals surface area (Å²) in [5, 5.41) is 13.4. The molecule has 2 heterocycles. The van der Waals surface area contributed by atoms with E-state index in [1.165, 1.54) is 0 Å². The van der Waals surface area contributed by atoms with E-state index in [1.54, 1.807) is 25.1 Å². The van der Waals surface area contributed by atoms with Crippen LogP contribution < -0.4 is 15.1 Å². The highest BCUT2D eigenvalue weighted by atomic mass is 16.3. The van der Waals surface area contributed by atoms with Gasteiger partial charge in [-0.05, 0) is 30.7 Å². The van der Waals surface area contributed by atoms with Gasteiger partial charge in [-0.2, -0.15) is 0 Å². The molecule has 0 atom stereocenters. The Bertz CT molecular complexity index is 816. The third kappa shape index (κ3) is 4.30. The van der Waals surface area contributed by atoms with Gasteiger partial charge < -0.3 is 25.1 Å². The highest BCUT2D eigenvalue weighted by Gasteiger charge is 2.22. The summed E-state index contributed by atoms with van der Waals surface area (Å²) in [6.07, 6.45) is 0.959. The molecular formula is C21H29N5O2. The van der Waals surface area contributed by atoms with Gasteiger partial charge in [0.25, 0.3) is 5.91 Å². The molecule has 0 bridgehead atoms. The summed E-state index contributed by atoms with van der Waals surface area (Å²) in [6, 6.07) is 11.2. The Morgan fingerprint density at radius 1 is 1.11 bits per heavy atom. The van der Waals surface area contributed by atoms with Gasteiger partial charge in [-0.15, -0.1) is 0 Å². The average Bonchev–Trinajstić information content (AvgIpc) is 2.72. The first-order chi connectivity index (χ1) is 13.5. The quantitative estimate of drug-likeness (QED) is 0.799. The lowest BCUT2D eigenvalue weighted by Gasteiger charge is -2.37. The molecule has 2 N–H and O–H groups in total. The predicted molar refractivity (Wildman–Crippen MR) is 114 cm³/mol. The SMILES string of the molecule is CCCNc1nc(N2CCN(c3ccccc3O)CC2)ccc1C(=O)N(C)C. The van der Waals surface area contributed by atoms with Crippen LogP contribution >= 0.6 is 0 Å². The second-order valence-corrected chi connectivity index (χ2v) is 7.15. The van der Waals surface area contributed by atoms with Crippen LogP contribution in [0.3, 0.4) is 0 Å².